The first-order valence-electron chi connectivity index (χ1n) is 6.64. The Bertz CT molecular complexity index is 528. The first kappa shape index (κ1) is 14.4. The molecule has 0 aromatic heterocycles. The Labute approximate surface area is 119 Å². The number of ether oxygens (including phenoxy) is 1. The minimum absolute atomic E-state index is 0.0519. The number of carbonyl (C=O) groups excluding carboxylic acids is 2. The Kier molecular flexibility index (Phi) is 3.97. The zero-order chi connectivity index (χ0) is 14.9. The fourth-order valence-electron chi connectivity index (χ4n) is 2.68. The second kappa shape index (κ2) is 5.53. The monoisotopic (exact) mass is 276 g/mol. The molecule has 2 rings (SSSR count). The van der Waals surface area contributed by atoms with Crippen LogP contribution in [-0.2, 0) is 9.53 Å². The van der Waals surface area contributed by atoms with Crippen molar-refractivity contribution in [3.8, 4) is 0 Å². The highest BCUT2D eigenvalue weighted by Crippen LogP contribution is 2.39. The zero-order valence-corrected chi connectivity index (χ0v) is 12.3. The van der Waals surface area contributed by atoms with Crippen molar-refractivity contribution in [1.82, 2.24) is 4.90 Å². The SMILES string of the molecule is COC(=O)C1CC(C)N(C(=O)N(C)C)c2ccccc21. The molecule has 1 aromatic rings. The van der Waals surface area contributed by atoms with Crippen molar-refractivity contribution in [2.45, 2.75) is 25.3 Å². The number of esters is 1. The van der Waals surface area contributed by atoms with Gasteiger partial charge < -0.3 is 9.64 Å². The summed E-state index contributed by atoms with van der Waals surface area (Å²) in [4.78, 5) is 27.6. The number of fused-ring (bicyclic) bond motifs is 1. The molecule has 1 aliphatic rings. The van der Waals surface area contributed by atoms with E-state index in [4.69, 9.17) is 4.74 Å². The molecule has 20 heavy (non-hydrogen) atoms. The van der Waals surface area contributed by atoms with Crippen molar-refractivity contribution in [2.75, 3.05) is 26.1 Å². The first-order chi connectivity index (χ1) is 9.47. The molecule has 0 radical (unpaired) electrons. The number of benzene rings is 1. The highest BCUT2D eigenvalue weighted by molar-refractivity contribution is 5.96. The Balaban J connectivity index is 2.48. The molecule has 108 valence electrons. The number of amides is 2. The Morgan fingerprint density at radius 2 is 1.95 bits per heavy atom. The predicted octanol–water partition coefficient (Wildman–Crippen LogP) is 2.22. The minimum Gasteiger partial charge on any atom is -0.469 e. The van der Waals surface area contributed by atoms with Crippen LogP contribution in [0, 0.1) is 0 Å². The minimum atomic E-state index is -0.308. The number of urea groups is 1. The van der Waals surface area contributed by atoms with Gasteiger partial charge in [-0.25, -0.2) is 4.79 Å². The number of para-hydroxylation sites is 1. The summed E-state index contributed by atoms with van der Waals surface area (Å²) in [5.41, 5.74) is 1.65. The summed E-state index contributed by atoms with van der Waals surface area (Å²) in [6.07, 6.45) is 0.573. The summed E-state index contributed by atoms with van der Waals surface area (Å²) >= 11 is 0. The smallest absolute Gasteiger partial charge is 0.324 e. The average molecular weight is 276 g/mol. The maximum Gasteiger partial charge on any atom is 0.324 e. The van der Waals surface area contributed by atoms with E-state index >= 15 is 0 Å². The molecule has 5 heteroatoms. The standard InChI is InChI=1S/C15H20N2O3/c1-10-9-12(14(18)20-4)11-7-5-6-8-13(11)17(10)15(19)16(2)3/h5-8,10,12H,9H2,1-4H3. The van der Waals surface area contributed by atoms with E-state index in [2.05, 4.69) is 0 Å². The lowest BCUT2D eigenvalue weighted by molar-refractivity contribution is -0.142. The Morgan fingerprint density at radius 3 is 2.55 bits per heavy atom. The van der Waals surface area contributed by atoms with Gasteiger partial charge in [-0.15, -0.1) is 0 Å². The van der Waals surface area contributed by atoms with Crippen LogP contribution >= 0.6 is 0 Å². The van der Waals surface area contributed by atoms with E-state index in [0.717, 1.165) is 11.3 Å². The summed E-state index contributed by atoms with van der Waals surface area (Å²) in [6.45, 7) is 1.95. The van der Waals surface area contributed by atoms with E-state index in [1.165, 1.54) is 7.11 Å². The molecule has 0 fully saturated rings. The van der Waals surface area contributed by atoms with Crippen molar-refractivity contribution in [1.29, 1.82) is 0 Å². The van der Waals surface area contributed by atoms with Gasteiger partial charge in [-0.05, 0) is 25.0 Å². The van der Waals surface area contributed by atoms with Crippen LogP contribution in [0.1, 0.15) is 24.8 Å². The number of hydrogen-bond acceptors (Lipinski definition) is 3. The fourth-order valence-corrected chi connectivity index (χ4v) is 2.68. The van der Waals surface area contributed by atoms with Crippen LogP contribution in [0.5, 0.6) is 0 Å². The molecule has 0 saturated carbocycles. The molecule has 5 nitrogen and oxygen atoms in total. The van der Waals surface area contributed by atoms with E-state index in [0.29, 0.717) is 6.42 Å². The molecule has 1 aromatic carbocycles. The second-order valence-electron chi connectivity index (χ2n) is 5.27. The van der Waals surface area contributed by atoms with E-state index in [9.17, 15) is 9.59 Å². The van der Waals surface area contributed by atoms with Crippen LogP contribution in [0.2, 0.25) is 0 Å². The number of rotatable bonds is 1. The number of hydrogen-bond donors (Lipinski definition) is 0. The maximum atomic E-state index is 12.4. The van der Waals surface area contributed by atoms with Crippen molar-refractivity contribution in [3.05, 3.63) is 29.8 Å². The van der Waals surface area contributed by atoms with Gasteiger partial charge in [0.1, 0.15) is 0 Å². The summed E-state index contributed by atoms with van der Waals surface area (Å²) in [5, 5.41) is 0. The van der Waals surface area contributed by atoms with Crippen molar-refractivity contribution < 1.29 is 14.3 Å². The normalized spacial score (nSPS) is 21.1. The summed E-state index contributed by atoms with van der Waals surface area (Å²) in [7, 11) is 4.85. The van der Waals surface area contributed by atoms with E-state index < -0.39 is 0 Å². The molecule has 0 bridgehead atoms. The molecule has 2 unspecified atom stereocenters. The first-order valence-corrected chi connectivity index (χ1v) is 6.64. The molecule has 0 spiro atoms. The Hall–Kier alpha value is -2.04. The van der Waals surface area contributed by atoms with Crippen LogP contribution in [0.3, 0.4) is 0 Å². The van der Waals surface area contributed by atoms with Crippen molar-refractivity contribution >= 4 is 17.7 Å². The van der Waals surface area contributed by atoms with E-state index in [-0.39, 0.29) is 24.0 Å². The van der Waals surface area contributed by atoms with Gasteiger partial charge in [0.05, 0.1) is 13.0 Å². The van der Waals surface area contributed by atoms with Crippen LogP contribution in [0.4, 0.5) is 10.5 Å². The van der Waals surface area contributed by atoms with Gasteiger partial charge in [-0.3, -0.25) is 9.69 Å². The van der Waals surface area contributed by atoms with Gasteiger partial charge in [-0.1, -0.05) is 18.2 Å². The lowest BCUT2D eigenvalue weighted by Gasteiger charge is -2.39. The van der Waals surface area contributed by atoms with E-state index in [1.807, 2.05) is 31.2 Å². The van der Waals surface area contributed by atoms with Crippen molar-refractivity contribution in [3.63, 3.8) is 0 Å². The van der Waals surface area contributed by atoms with Crippen LogP contribution in [-0.4, -0.2) is 44.1 Å². The topological polar surface area (TPSA) is 49.9 Å². The van der Waals surface area contributed by atoms with Crippen LogP contribution < -0.4 is 4.90 Å². The van der Waals surface area contributed by atoms with Gasteiger partial charge >= 0.3 is 12.0 Å². The molecular formula is C15H20N2O3. The largest absolute Gasteiger partial charge is 0.469 e. The van der Waals surface area contributed by atoms with Gasteiger partial charge in [0.15, 0.2) is 0 Å². The quantitative estimate of drug-likeness (QED) is 0.739. The summed E-state index contributed by atoms with van der Waals surface area (Å²) in [5.74, 6) is -0.557. The predicted molar refractivity (Wildman–Crippen MR) is 76.8 cm³/mol. The molecule has 2 amide bonds. The summed E-state index contributed by atoms with van der Waals surface area (Å²) in [6, 6.07) is 7.39. The van der Waals surface area contributed by atoms with Crippen molar-refractivity contribution in [2.24, 2.45) is 0 Å². The van der Waals surface area contributed by atoms with Gasteiger partial charge in [0, 0.05) is 25.8 Å². The third-order valence-corrected chi connectivity index (χ3v) is 3.66. The molecule has 0 N–H and O–H groups in total. The molecule has 1 aliphatic heterocycles. The molecule has 2 atom stereocenters. The molecule has 1 heterocycles. The highest BCUT2D eigenvalue weighted by Gasteiger charge is 2.37. The lowest BCUT2D eigenvalue weighted by Crippen LogP contribution is -2.48. The van der Waals surface area contributed by atoms with Crippen LogP contribution in [0.15, 0.2) is 24.3 Å². The van der Waals surface area contributed by atoms with Gasteiger partial charge in [0.25, 0.3) is 0 Å². The zero-order valence-electron chi connectivity index (χ0n) is 12.3. The number of nitrogens with zero attached hydrogens (tertiary/aromatic N) is 2. The molecule has 0 aliphatic carbocycles. The van der Waals surface area contributed by atoms with E-state index in [1.54, 1.807) is 23.9 Å². The third-order valence-electron chi connectivity index (χ3n) is 3.66. The fraction of sp³-hybridized carbons (Fsp3) is 0.467. The number of anilines is 1. The number of methoxy groups -OCH3 is 1. The molecular weight excluding hydrogens is 256 g/mol. The second-order valence-corrected chi connectivity index (χ2v) is 5.27. The maximum absolute atomic E-state index is 12.4. The average Bonchev–Trinajstić information content (AvgIpc) is 2.44. The van der Waals surface area contributed by atoms with Crippen LogP contribution in [0.25, 0.3) is 0 Å². The highest BCUT2D eigenvalue weighted by atomic mass is 16.5. The lowest BCUT2D eigenvalue weighted by atomic mass is 9.86. The molecule has 0 saturated heterocycles. The van der Waals surface area contributed by atoms with Gasteiger partial charge in [0.2, 0.25) is 0 Å². The Morgan fingerprint density at radius 1 is 1.30 bits per heavy atom. The summed E-state index contributed by atoms with van der Waals surface area (Å²) < 4.78 is 4.89. The third kappa shape index (κ3) is 2.35. The number of carbonyl (C=O) groups is 2. The van der Waals surface area contributed by atoms with Gasteiger partial charge in [-0.2, -0.15) is 0 Å².